The lowest BCUT2D eigenvalue weighted by Crippen LogP contribution is -2.47. The number of ether oxygens (including phenoxy) is 1. The van der Waals surface area contributed by atoms with Crippen LogP contribution in [0, 0.1) is 17.6 Å². The molecule has 0 saturated carbocycles. The summed E-state index contributed by atoms with van der Waals surface area (Å²) < 4.78 is 46.0. The second-order valence-corrected chi connectivity index (χ2v) is 6.41. The van der Waals surface area contributed by atoms with Gasteiger partial charge in [0.05, 0.1) is 19.7 Å². The lowest BCUT2D eigenvalue weighted by Gasteiger charge is -2.32. The molecule has 1 aromatic carbocycles. The normalized spacial score (nSPS) is 24.9. The molecule has 5 nitrogen and oxygen atoms in total. The minimum Gasteiger partial charge on any atom is -0.497 e. The van der Waals surface area contributed by atoms with E-state index in [1.54, 1.807) is 13.2 Å². The van der Waals surface area contributed by atoms with E-state index >= 15 is 0 Å². The van der Waals surface area contributed by atoms with Crippen molar-refractivity contribution in [2.24, 2.45) is 10.9 Å². The van der Waals surface area contributed by atoms with Crippen LogP contribution < -0.4 is 5.32 Å². The molecule has 1 aliphatic carbocycles. The number of methoxy groups -OCH3 is 1. The van der Waals surface area contributed by atoms with E-state index in [4.69, 9.17) is 4.74 Å². The fourth-order valence-corrected chi connectivity index (χ4v) is 2.92. The molecule has 2 N–H and O–H groups in total. The number of nitrogens with one attached hydrogen (secondary N) is 1. The van der Waals surface area contributed by atoms with Gasteiger partial charge in [-0.1, -0.05) is 13.0 Å². The van der Waals surface area contributed by atoms with Gasteiger partial charge in [-0.3, -0.25) is 0 Å². The number of halogens is 3. The highest BCUT2D eigenvalue weighted by molar-refractivity contribution is 5.82. The fourth-order valence-electron chi connectivity index (χ4n) is 2.92. The van der Waals surface area contributed by atoms with Crippen LogP contribution in [0.2, 0.25) is 0 Å². The lowest BCUT2D eigenvalue weighted by molar-refractivity contribution is 0.179. The van der Waals surface area contributed by atoms with Gasteiger partial charge in [-0.25, -0.2) is 18.2 Å². The second kappa shape index (κ2) is 7.87. The van der Waals surface area contributed by atoms with Crippen molar-refractivity contribution in [2.45, 2.75) is 25.7 Å². The first-order valence-corrected chi connectivity index (χ1v) is 8.41. The van der Waals surface area contributed by atoms with Crippen LogP contribution in [0.1, 0.15) is 12.5 Å². The maximum absolute atomic E-state index is 13.9. The van der Waals surface area contributed by atoms with E-state index in [0.29, 0.717) is 5.56 Å². The van der Waals surface area contributed by atoms with Gasteiger partial charge in [0.1, 0.15) is 17.4 Å². The summed E-state index contributed by atoms with van der Waals surface area (Å²) in [4.78, 5) is 5.29. The molecule has 2 aliphatic rings. The van der Waals surface area contributed by atoms with Gasteiger partial charge in [-0.15, -0.1) is 0 Å². The topological polar surface area (TPSA) is 57.1 Å². The third-order valence-corrected chi connectivity index (χ3v) is 4.31. The van der Waals surface area contributed by atoms with Crippen LogP contribution in [0.5, 0.6) is 0 Å². The van der Waals surface area contributed by atoms with E-state index in [-0.39, 0.29) is 24.5 Å². The first kappa shape index (κ1) is 19.0. The number of hydrogen-bond donors (Lipinski definition) is 2. The Hall–Kier alpha value is -2.74. The summed E-state index contributed by atoms with van der Waals surface area (Å²) in [6.07, 6.45) is 5.02. The number of aliphatic hydroxyl groups is 1. The van der Waals surface area contributed by atoms with Gasteiger partial charge in [-0.05, 0) is 29.8 Å². The zero-order valence-corrected chi connectivity index (χ0v) is 14.9. The number of benzene rings is 1. The smallest absolute Gasteiger partial charge is 0.203 e. The van der Waals surface area contributed by atoms with E-state index in [1.165, 1.54) is 4.90 Å². The third kappa shape index (κ3) is 4.51. The minimum atomic E-state index is -1.62. The number of hydrogen-bond acceptors (Lipinski definition) is 5. The van der Waals surface area contributed by atoms with Gasteiger partial charge >= 0.3 is 0 Å². The molecule has 27 heavy (non-hydrogen) atoms. The minimum absolute atomic E-state index is 0.0232. The number of allylic oxidation sites excluding steroid dienone is 1. The van der Waals surface area contributed by atoms with Gasteiger partial charge in [0, 0.05) is 18.2 Å². The van der Waals surface area contributed by atoms with Crippen molar-refractivity contribution >= 4 is 5.96 Å². The Morgan fingerprint density at radius 3 is 2.56 bits per heavy atom. The first-order chi connectivity index (χ1) is 12.9. The van der Waals surface area contributed by atoms with Crippen molar-refractivity contribution in [1.29, 1.82) is 0 Å². The van der Waals surface area contributed by atoms with Gasteiger partial charge < -0.3 is 20.1 Å². The summed E-state index contributed by atoms with van der Waals surface area (Å²) in [7, 11) is 1.58. The van der Waals surface area contributed by atoms with E-state index in [9.17, 15) is 18.3 Å². The lowest BCUT2D eigenvalue weighted by atomic mass is 9.96. The predicted octanol–water partition coefficient (Wildman–Crippen LogP) is 2.96. The number of guanidine groups is 1. The van der Waals surface area contributed by atoms with Crippen molar-refractivity contribution in [3.05, 3.63) is 71.4 Å². The Morgan fingerprint density at radius 1 is 1.22 bits per heavy atom. The Kier molecular flexibility index (Phi) is 5.55. The first-order valence-electron chi connectivity index (χ1n) is 8.41. The van der Waals surface area contributed by atoms with Crippen molar-refractivity contribution < 1.29 is 23.0 Å². The molecule has 1 heterocycles. The zero-order valence-electron chi connectivity index (χ0n) is 14.9. The molecule has 3 atom stereocenters. The average molecular weight is 379 g/mol. The van der Waals surface area contributed by atoms with Crippen LogP contribution in [0.25, 0.3) is 0 Å². The fraction of sp³-hybridized carbons (Fsp3) is 0.316. The van der Waals surface area contributed by atoms with Crippen molar-refractivity contribution in [2.75, 3.05) is 7.11 Å². The molecule has 0 spiro atoms. The highest BCUT2D eigenvalue weighted by atomic mass is 19.1. The van der Waals surface area contributed by atoms with Gasteiger partial charge in [-0.2, -0.15) is 0 Å². The zero-order chi connectivity index (χ0) is 19.6. The van der Waals surface area contributed by atoms with E-state index in [1.807, 2.05) is 19.1 Å². The average Bonchev–Trinajstić information content (AvgIpc) is 2.60. The Morgan fingerprint density at radius 2 is 1.93 bits per heavy atom. The van der Waals surface area contributed by atoms with Crippen molar-refractivity contribution in [3.63, 3.8) is 0 Å². The summed E-state index contributed by atoms with van der Waals surface area (Å²) in [5, 5.41) is 12.9. The number of nitrogens with zero attached hydrogens (tertiary/aromatic N) is 2. The predicted molar refractivity (Wildman–Crippen MR) is 94.9 cm³/mol. The summed E-state index contributed by atoms with van der Waals surface area (Å²) in [6, 6.07) is 2.90. The number of aliphatic imine (C=N–C) groups is 1. The third-order valence-electron chi connectivity index (χ3n) is 4.31. The molecular formula is C19H20F3N3O2. The van der Waals surface area contributed by atoms with Crippen LogP contribution in [0.15, 0.2) is 59.2 Å². The highest BCUT2D eigenvalue weighted by Crippen LogP contribution is 2.21. The molecule has 8 heteroatoms. The standard InChI is InChI=1S/C19H20F3N3O2/c1-11-5-15(27-2)3-4-17(11)23-19-24-18(26)16(22)10-25(19)9-12-6-13(20)8-14(21)7-12/h3-8,10-11,17-18,26H,9H2,1-2H3,(H,23,24). The van der Waals surface area contributed by atoms with Gasteiger partial charge in [0.25, 0.3) is 0 Å². The van der Waals surface area contributed by atoms with Crippen LogP contribution >= 0.6 is 0 Å². The molecule has 3 unspecified atom stereocenters. The molecule has 0 radical (unpaired) electrons. The summed E-state index contributed by atoms with van der Waals surface area (Å²) >= 11 is 0. The molecule has 0 fully saturated rings. The molecule has 0 aromatic heterocycles. The largest absolute Gasteiger partial charge is 0.497 e. The summed E-state index contributed by atoms with van der Waals surface area (Å²) in [5.41, 5.74) is 0.302. The Labute approximate surface area is 155 Å². The van der Waals surface area contributed by atoms with E-state index in [2.05, 4.69) is 10.3 Å². The Bertz CT molecular complexity index is 815. The van der Waals surface area contributed by atoms with Crippen LogP contribution in [0.4, 0.5) is 13.2 Å². The van der Waals surface area contributed by atoms with E-state index in [0.717, 1.165) is 30.2 Å². The second-order valence-electron chi connectivity index (χ2n) is 6.41. The van der Waals surface area contributed by atoms with Crippen molar-refractivity contribution in [3.8, 4) is 0 Å². The van der Waals surface area contributed by atoms with Gasteiger partial charge in [0.15, 0.2) is 5.83 Å². The van der Waals surface area contributed by atoms with Crippen molar-refractivity contribution in [1.82, 2.24) is 10.2 Å². The maximum Gasteiger partial charge on any atom is 0.203 e. The monoisotopic (exact) mass is 379 g/mol. The molecule has 1 aliphatic heterocycles. The van der Waals surface area contributed by atoms with Crippen LogP contribution in [0.3, 0.4) is 0 Å². The summed E-state index contributed by atoms with van der Waals surface area (Å²) in [6.45, 7) is 1.94. The SMILES string of the molecule is COC1=CC(C)C(NC2=NC(O)C(F)=CN2Cc2cc(F)cc(F)c2)C=C1. The Balaban J connectivity index is 1.80. The maximum atomic E-state index is 13.9. The van der Waals surface area contributed by atoms with Crippen LogP contribution in [-0.4, -0.2) is 35.3 Å². The molecule has 0 amide bonds. The molecule has 1 aromatic rings. The molecular weight excluding hydrogens is 359 g/mol. The molecule has 0 bridgehead atoms. The van der Waals surface area contributed by atoms with E-state index < -0.39 is 23.7 Å². The quantitative estimate of drug-likeness (QED) is 0.845. The molecule has 3 rings (SSSR count). The highest BCUT2D eigenvalue weighted by Gasteiger charge is 2.26. The molecule has 0 saturated heterocycles. The molecule has 144 valence electrons. The van der Waals surface area contributed by atoms with Gasteiger partial charge in [0.2, 0.25) is 12.2 Å². The number of rotatable bonds is 4. The van der Waals surface area contributed by atoms with Crippen LogP contribution in [-0.2, 0) is 11.3 Å². The summed E-state index contributed by atoms with van der Waals surface area (Å²) in [5.74, 6) is -1.34. The number of aliphatic hydroxyl groups excluding tert-OH is 1.